The number of aromatic nitrogens is 2. The zero-order valence-corrected chi connectivity index (χ0v) is 17.3. The van der Waals surface area contributed by atoms with Crippen LogP contribution in [0.25, 0.3) is 10.9 Å². The molecule has 0 unspecified atom stereocenters. The van der Waals surface area contributed by atoms with Crippen molar-refractivity contribution in [3.8, 4) is 5.75 Å². The van der Waals surface area contributed by atoms with Crippen molar-refractivity contribution in [1.29, 1.82) is 0 Å². The van der Waals surface area contributed by atoms with E-state index in [0.29, 0.717) is 21.6 Å². The van der Waals surface area contributed by atoms with Crippen LogP contribution in [0.2, 0.25) is 0 Å². The van der Waals surface area contributed by atoms with Crippen molar-refractivity contribution in [1.82, 2.24) is 9.55 Å². The third kappa shape index (κ3) is 4.22. The van der Waals surface area contributed by atoms with Gasteiger partial charge in [-0.05, 0) is 49.2 Å². The summed E-state index contributed by atoms with van der Waals surface area (Å²) in [6.07, 6.45) is 5.43. The highest BCUT2D eigenvalue weighted by Crippen LogP contribution is 2.31. The van der Waals surface area contributed by atoms with Crippen LogP contribution in [0.3, 0.4) is 0 Å². The smallest absolute Gasteiger partial charge is 0.262 e. The van der Waals surface area contributed by atoms with Gasteiger partial charge in [-0.15, -0.1) is 0 Å². The molecular formula is C23H24N2O3S. The van der Waals surface area contributed by atoms with Crippen molar-refractivity contribution < 1.29 is 9.53 Å². The van der Waals surface area contributed by atoms with Crippen molar-refractivity contribution in [2.75, 3.05) is 12.9 Å². The maximum atomic E-state index is 13.2. The van der Waals surface area contributed by atoms with Gasteiger partial charge in [-0.3, -0.25) is 14.2 Å². The molecule has 0 aliphatic heterocycles. The SMILES string of the molecule is COc1ccc(C(=O)CSc2nc3ccccc3c(=O)n2C2CCCCC2)cc1. The summed E-state index contributed by atoms with van der Waals surface area (Å²) in [4.78, 5) is 30.7. The number of ketones is 1. The summed E-state index contributed by atoms with van der Waals surface area (Å²) < 4.78 is 6.99. The Morgan fingerprint density at radius 2 is 1.83 bits per heavy atom. The number of thioether (sulfide) groups is 1. The van der Waals surface area contributed by atoms with Crippen LogP contribution in [-0.2, 0) is 0 Å². The number of ether oxygens (including phenoxy) is 1. The summed E-state index contributed by atoms with van der Waals surface area (Å²) in [6, 6.07) is 14.7. The van der Waals surface area contributed by atoms with Crippen molar-refractivity contribution in [2.45, 2.75) is 43.3 Å². The molecule has 1 aliphatic carbocycles. The molecule has 5 nitrogen and oxygen atoms in total. The van der Waals surface area contributed by atoms with Gasteiger partial charge in [-0.2, -0.15) is 0 Å². The number of rotatable bonds is 6. The van der Waals surface area contributed by atoms with Crippen molar-refractivity contribution in [2.24, 2.45) is 0 Å². The number of hydrogen-bond donors (Lipinski definition) is 0. The topological polar surface area (TPSA) is 61.2 Å². The van der Waals surface area contributed by atoms with Gasteiger partial charge in [0.05, 0.1) is 23.8 Å². The van der Waals surface area contributed by atoms with Crippen LogP contribution in [0.5, 0.6) is 5.75 Å². The summed E-state index contributed by atoms with van der Waals surface area (Å²) in [6.45, 7) is 0. The highest BCUT2D eigenvalue weighted by Gasteiger charge is 2.22. The lowest BCUT2D eigenvalue weighted by molar-refractivity contribution is 0.102. The van der Waals surface area contributed by atoms with Crippen LogP contribution in [0.1, 0.15) is 48.5 Å². The lowest BCUT2D eigenvalue weighted by Gasteiger charge is -2.26. The molecule has 3 aromatic rings. The number of methoxy groups -OCH3 is 1. The average molecular weight is 409 g/mol. The first-order valence-electron chi connectivity index (χ1n) is 9.98. The van der Waals surface area contributed by atoms with Gasteiger partial charge in [0, 0.05) is 11.6 Å². The minimum absolute atomic E-state index is 0.00176. The Hall–Kier alpha value is -2.60. The standard InChI is InChI=1S/C23H24N2O3S/c1-28-18-13-11-16(12-14-18)21(26)15-29-23-24-20-10-6-5-9-19(20)22(27)25(23)17-7-3-2-4-8-17/h5-6,9-14,17H,2-4,7-8,15H2,1H3. The summed E-state index contributed by atoms with van der Waals surface area (Å²) in [5, 5.41) is 1.28. The molecule has 0 N–H and O–H groups in total. The molecule has 1 saturated carbocycles. The molecule has 2 aromatic carbocycles. The van der Waals surface area contributed by atoms with Crippen molar-refractivity contribution >= 4 is 28.4 Å². The first-order valence-corrected chi connectivity index (χ1v) is 11.0. The molecule has 150 valence electrons. The minimum atomic E-state index is 0.00176. The molecule has 29 heavy (non-hydrogen) atoms. The molecule has 4 rings (SSSR count). The van der Waals surface area contributed by atoms with Crippen LogP contribution in [0.4, 0.5) is 0 Å². The Balaban J connectivity index is 1.64. The summed E-state index contributed by atoms with van der Waals surface area (Å²) in [7, 11) is 1.60. The number of carbonyl (C=O) groups is 1. The second-order valence-corrected chi connectivity index (χ2v) is 8.26. The maximum absolute atomic E-state index is 13.2. The second kappa shape index (κ2) is 8.82. The molecule has 0 bridgehead atoms. The van der Waals surface area contributed by atoms with Crippen molar-refractivity contribution in [3.63, 3.8) is 0 Å². The average Bonchev–Trinajstić information content (AvgIpc) is 2.78. The molecule has 1 aromatic heterocycles. The number of benzene rings is 2. The van der Waals surface area contributed by atoms with E-state index in [1.165, 1.54) is 18.2 Å². The summed E-state index contributed by atoms with van der Waals surface area (Å²) >= 11 is 1.35. The highest BCUT2D eigenvalue weighted by atomic mass is 32.2. The molecule has 0 amide bonds. The molecule has 1 aliphatic rings. The van der Waals surface area contributed by atoms with Gasteiger partial charge in [-0.25, -0.2) is 4.98 Å². The van der Waals surface area contributed by atoms with E-state index in [1.54, 1.807) is 31.4 Å². The first-order chi connectivity index (χ1) is 14.2. The third-order valence-electron chi connectivity index (χ3n) is 5.46. The number of nitrogens with zero attached hydrogens (tertiary/aromatic N) is 2. The van der Waals surface area contributed by atoms with Gasteiger partial charge in [0.1, 0.15) is 5.75 Å². The number of Topliss-reactive ketones (excluding diaryl/α,β-unsaturated/α-hetero) is 1. The van der Waals surface area contributed by atoms with E-state index in [9.17, 15) is 9.59 Å². The molecule has 0 spiro atoms. The van der Waals surface area contributed by atoms with E-state index < -0.39 is 0 Å². The number of fused-ring (bicyclic) bond motifs is 1. The van der Waals surface area contributed by atoms with Gasteiger partial charge < -0.3 is 4.74 Å². The highest BCUT2D eigenvalue weighted by molar-refractivity contribution is 7.99. The van der Waals surface area contributed by atoms with E-state index in [2.05, 4.69) is 0 Å². The van der Waals surface area contributed by atoms with Crippen molar-refractivity contribution in [3.05, 3.63) is 64.4 Å². The normalized spacial score (nSPS) is 14.8. The van der Waals surface area contributed by atoms with E-state index in [0.717, 1.165) is 31.4 Å². The Morgan fingerprint density at radius 1 is 1.10 bits per heavy atom. The summed E-state index contributed by atoms with van der Waals surface area (Å²) in [5.74, 6) is 0.968. The zero-order chi connectivity index (χ0) is 20.2. The Bertz CT molecular complexity index is 1070. The molecule has 0 radical (unpaired) electrons. The first kappa shape index (κ1) is 19.7. The predicted octanol–water partition coefficient (Wildman–Crippen LogP) is 4.89. The Morgan fingerprint density at radius 3 is 2.55 bits per heavy atom. The van der Waals surface area contributed by atoms with Gasteiger partial charge in [0.25, 0.3) is 5.56 Å². The van der Waals surface area contributed by atoms with E-state index in [1.807, 2.05) is 28.8 Å². The largest absolute Gasteiger partial charge is 0.497 e. The fourth-order valence-corrected chi connectivity index (χ4v) is 4.84. The van der Waals surface area contributed by atoms with E-state index in [-0.39, 0.29) is 23.1 Å². The maximum Gasteiger partial charge on any atom is 0.262 e. The Labute approximate surface area is 174 Å². The molecule has 0 saturated heterocycles. The number of para-hydroxylation sites is 1. The lowest BCUT2D eigenvalue weighted by Crippen LogP contribution is -2.29. The number of carbonyl (C=O) groups excluding carboxylic acids is 1. The van der Waals surface area contributed by atoms with E-state index >= 15 is 0 Å². The van der Waals surface area contributed by atoms with Crippen LogP contribution < -0.4 is 10.3 Å². The number of hydrogen-bond acceptors (Lipinski definition) is 5. The van der Waals surface area contributed by atoms with Crippen LogP contribution in [-0.4, -0.2) is 28.2 Å². The van der Waals surface area contributed by atoms with Gasteiger partial charge in [-0.1, -0.05) is 43.2 Å². The lowest BCUT2D eigenvalue weighted by atomic mass is 9.95. The van der Waals surface area contributed by atoms with Crippen LogP contribution >= 0.6 is 11.8 Å². The Kier molecular flexibility index (Phi) is 6.00. The van der Waals surface area contributed by atoms with E-state index in [4.69, 9.17) is 9.72 Å². The van der Waals surface area contributed by atoms with Crippen LogP contribution in [0.15, 0.2) is 58.5 Å². The second-order valence-electron chi connectivity index (χ2n) is 7.32. The fraction of sp³-hybridized carbons (Fsp3) is 0.348. The minimum Gasteiger partial charge on any atom is -0.497 e. The molecular weight excluding hydrogens is 384 g/mol. The predicted molar refractivity (Wildman–Crippen MR) is 116 cm³/mol. The summed E-state index contributed by atoms with van der Waals surface area (Å²) in [5.41, 5.74) is 1.32. The molecule has 6 heteroatoms. The fourth-order valence-electron chi connectivity index (χ4n) is 3.88. The zero-order valence-electron chi connectivity index (χ0n) is 16.5. The molecule has 0 atom stereocenters. The van der Waals surface area contributed by atoms with Gasteiger partial charge in [0.15, 0.2) is 10.9 Å². The quantitative estimate of drug-likeness (QED) is 0.330. The van der Waals surface area contributed by atoms with Gasteiger partial charge >= 0.3 is 0 Å². The molecule has 1 heterocycles. The monoisotopic (exact) mass is 408 g/mol. The van der Waals surface area contributed by atoms with Crippen LogP contribution in [0, 0.1) is 0 Å². The van der Waals surface area contributed by atoms with Gasteiger partial charge in [0.2, 0.25) is 0 Å². The third-order valence-corrected chi connectivity index (χ3v) is 6.41. The molecule has 1 fully saturated rings.